The second-order valence-corrected chi connectivity index (χ2v) is 6.49. The van der Waals surface area contributed by atoms with Crippen molar-refractivity contribution in [2.24, 2.45) is 5.41 Å². The standard InChI is InChI=1S/C16H24ClNO3/c1-12(19)10-16(2,3)11-18-15(20)7-8-21-14-6-4-5-13(17)9-14/h4-6,9,12,19H,7-8,10-11H2,1-3H3,(H,18,20). The van der Waals surface area contributed by atoms with Crippen molar-refractivity contribution >= 4 is 17.5 Å². The minimum atomic E-state index is -0.372. The third-order valence-electron chi connectivity index (χ3n) is 3.01. The average Bonchev–Trinajstić information content (AvgIpc) is 2.35. The highest BCUT2D eigenvalue weighted by Crippen LogP contribution is 2.21. The molecule has 2 N–H and O–H groups in total. The lowest BCUT2D eigenvalue weighted by Gasteiger charge is -2.26. The van der Waals surface area contributed by atoms with Gasteiger partial charge < -0.3 is 15.2 Å². The van der Waals surface area contributed by atoms with E-state index >= 15 is 0 Å². The van der Waals surface area contributed by atoms with E-state index in [0.717, 1.165) is 0 Å². The molecule has 1 atom stereocenters. The molecule has 1 aromatic carbocycles. The molecule has 0 aliphatic rings. The summed E-state index contributed by atoms with van der Waals surface area (Å²) in [7, 11) is 0. The van der Waals surface area contributed by atoms with Crippen LogP contribution in [0.3, 0.4) is 0 Å². The van der Waals surface area contributed by atoms with Crippen molar-refractivity contribution in [2.45, 2.75) is 39.7 Å². The van der Waals surface area contributed by atoms with Gasteiger partial charge in [0.15, 0.2) is 0 Å². The van der Waals surface area contributed by atoms with Crippen molar-refractivity contribution in [2.75, 3.05) is 13.2 Å². The first kappa shape index (κ1) is 17.8. The smallest absolute Gasteiger partial charge is 0.223 e. The molecule has 0 heterocycles. The first-order chi connectivity index (χ1) is 9.78. The Morgan fingerprint density at radius 2 is 2.19 bits per heavy atom. The van der Waals surface area contributed by atoms with Gasteiger partial charge in [0, 0.05) is 11.6 Å². The predicted molar refractivity (Wildman–Crippen MR) is 84.7 cm³/mol. The molecule has 0 saturated heterocycles. The van der Waals surface area contributed by atoms with E-state index in [0.29, 0.717) is 30.3 Å². The van der Waals surface area contributed by atoms with E-state index in [1.807, 2.05) is 13.8 Å². The molecule has 5 heteroatoms. The van der Waals surface area contributed by atoms with Crippen LogP contribution in [-0.2, 0) is 4.79 Å². The maximum absolute atomic E-state index is 11.8. The number of amides is 1. The highest BCUT2D eigenvalue weighted by molar-refractivity contribution is 6.30. The first-order valence-electron chi connectivity index (χ1n) is 7.12. The van der Waals surface area contributed by atoms with E-state index in [-0.39, 0.29) is 23.8 Å². The number of hydrogen-bond donors (Lipinski definition) is 2. The molecule has 4 nitrogen and oxygen atoms in total. The third-order valence-corrected chi connectivity index (χ3v) is 3.24. The normalized spacial score (nSPS) is 12.8. The largest absolute Gasteiger partial charge is 0.493 e. The van der Waals surface area contributed by atoms with E-state index in [2.05, 4.69) is 5.32 Å². The molecular formula is C16H24ClNO3. The average molecular weight is 314 g/mol. The number of aliphatic hydroxyl groups excluding tert-OH is 1. The lowest BCUT2D eigenvalue weighted by Crippen LogP contribution is -2.36. The van der Waals surface area contributed by atoms with E-state index < -0.39 is 0 Å². The van der Waals surface area contributed by atoms with Gasteiger partial charge >= 0.3 is 0 Å². The fourth-order valence-corrected chi connectivity index (χ4v) is 2.30. The number of benzene rings is 1. The number of rotatable bonds is 8. The zero-order valence-corrected chi connectivity index (χ0v) is 13.6. The summed E-state index contributed by atoms with van der Waals surface area (Å²) in [4.78, 5) is 11.8. The number of carbonyl (C=O) groups is 1. The number of hydrogen-bond acceptors (Lipinski definition) is 3. The van der Waals surface area contributed by atoms with Gasteiger partial charge in [-0.1, -0.05) is 31.5 Å². The van der Waals surface area contributed by atoms with Crippen LogP contribution in [0.1, 0.15) is 33.6 Å². The van der Waals surface area contributed by atoms with Crippen molar-refractivity contribution in [3.05, 3.63) is 29.3 Å². The number of aliphatic hydroxyl groups is 1. The number of carbonyl (C=O) groups excluding carboxylic acids is 1. The van der Waals surface area contributed by atoms with Gasteiger partial charge in [-0.05, 0) is 37.0 Å². The summed E-state index contributed by atoms with van der Waals surface area (Å²) in [5.41, 5.74) is -0.127. The Labute approximate surface area is 131 Å². The van der Waals surface area contributed by atoms with Gasteiger partial charge in [0.25, 0.3) is 0 Å². The predicted octanol–water partition coefficient (Wildman–Crippen LogP) is 3.02. The van der Waals surface area contributed by atoms with Crippen LogP contribution in [0, 0.1) is 5.41 Å². The molecule has 0 bridgehead atoms. The fourth-order valence-electron chi connectivity index (χ4n) is 2.12. The quantitative estimate of drug-likeness (QED) is 0.775. The Morgan fingerprint density at radius 3 is 2.81 bits per heavy atom. The van der Waals surface area contributed by atoms with Crippen molar-refractivity contribution in [1.29, 1.82) is 0 Å². The summed E-state index contributed by atoms with van der Waals surface area (Å²) in [6.45, 7) is 6.63. The molecular weight excluding hydrogens is 290 g/mol. The molecule has 0 spiro atoms. The first-order valence-corrected chi connectivity index (χ1v) is 7.49. The minimum absolute atomic E-state index is 0.0595. The summed E-state index contributed by atoms with van der Waals surface area (Å²) >= 11 is 5.85. The number of nitrogens with one attached hydrogen (secondary N) is 1. The molecule has 0 fully saturated rings. The van der Waals surface area contributed by atoms with Gasteiger partial charge in [-0.25, -0.2) is 0 Å². The molecule has 0 aliphatic heterocycles. The van der Waals surface area contributed by atoms with Gasteiger partial charge in [-0.2, -0.15) is 0 Å². The van der Waals surface area contributed by atoms with Crippen LogP contribution in [0.5, 0.6) is 5.75 Å². The summed E-state index contributed by atoms with van der Waals surface area (Å²) < 4.78 is 5.47. The van der Waals surface area contributed by atoms with Crippen LogP contribution >= 0.6 is 11.6 Å². The lowest BCUT2D eigenvalue weighted by atomic mass is 9.87. The molecule has 1 rings (SSSR count). The summed E-state index contributed by atoms with van der Waals surface area (Å²) in [5.74, 6) is 0.598. The van der Waals surface area contributed by atoms with Crippen LogP contribution in [0.25, 0.3) is 0 Å². The lowest BCUT2D eigenvalue weighted by molar-refractivity contribution is -0.122. The number of halogens is 1. The van der Waals surface area contributed by atoms with Gasteiger partial charge in [0.1, 0.15) is 5.75 Å². The molecule has 1 unspecified atom stereocenters. The van der Waals surface area contributed by atoms with E-state index in [4.69, 9.17) is 16.3 Å². The topological polar surface area (TPSA) is 58.6 Å². The Morgan fingerprint density at radius 1 is 1.48 bits per heavy atom. The highest BCUT2D eigenvalue weighted by atomic mass is 35.5. The van der Waals surface area contributed by atoms with Crippen molar-refractivity contribution in [1.82, 2.24) is 5.32 Å². The fraction of sp³-hybridized carbons (Fsp3) is 0.562. The highest BCUT2D eigenvalue weighted by Gasteiger charge is 2.20. The van der Waals surface area contributed by atoms with Gasteiger partial charge in [0.05, 0.1) is 19.1 Å². The van der Waals surface area contributed by atoms with E-state index in [1.165, 1.54) is 0 Å². The second kappa shape index (κ2) is 8.25. The monoisotopic (exact) mass is 313 g/mol. The van der Waals surface area contributed by atoms with Crippen molar-refractivity contribution in [3.63, 3.8) is 0 Å². The van der Waals surface area contributed by atoms with E-state index in [1.54, 1.807) is 31.2 Å². The summed E-state index contributed by atoms with van der Waals surface area (Å²) in [6, 6.07) is 7.09. The maximum Gasteiger partial charge on any atom is 0.223 e. The second-order valence-electron chi connectivity index (χ2n) is 6.05. The van der Waals surface area contributed by atoms with Crippen molar-refractivity contribution < 1.29 is 14.6 Å². The molecule has 118 valence electrons. The Balaban J connectivity index is 2.25. The third kappa shape index (κ3) is 7.93. The Kier molecular flexibility index (Phi) is 6.99. The SMILES string of the molecule is CC(O)CC(C)(C)CNC(=O)CCOc1cccc(Cl)c1. The molecule has 1 aromatic rings. The maximum atomic E-state index is 11.8. The van der Waals surface area contributed by atoms with Crippen LogP contribution in [0.15, 0.2) is 24.3 Å². The zero-order valence-electron chi connectivity index (χ0n) is 12.9. The van der Waals surface area contributed by atoms with Gasteiger partial charge in [-0.15, -0.1) is 0 Å². The summed E-state index contributed by atoms with van der Waals surface area (Å²) in [5, 5.41) is 12.9. The van der Waals surface area contributed by atoms with Crippen molar-refractivity contribution in [3.8, 4) is 5.75 Å². The molecule has 0 aliphatic carbocycles. The van der Waals surface area contributed by atoms with Gasteiger partial charge in [0.2, 0.25) is 5.91 Å². The zero-order chi connectivity index (χ0) is 15.9. The molecule has 0 saturated carbocycles. The minimum Gasteiger partial charge on any atom is -0.493 e. The molecule has 0 radical (unpaired) electrons. The van der Waals surface area contributed by atoms with Crippen LogP contribution < -0.4 is 10.1 Å². The molecule has 21 heavy (non-hydrogen) atoms. The molecule has 1 amide bonds. The van der Waals surface area contributed by atoms with E-state index in [9.17, 15) is 9.90 Å². The Hall–Kier alpha value is -1.26. The van der Waals surface area contributed by atoms with Crippen LogP contribution in [-0.4, -0.2) is 30.3 Å². The van der Waals surface area contributed by atoms with Crippen LogP contribution in [0.2, 0.25) is 5.02 Å². The summed E-state index contributed by atoms with van der Waals surface area (Å²) in [6.07, 6.45) is 0.562. The van der Waals surface area contributed by atoms with Gasteiger partial charge in [-0.3, -0.25) is 4.79 Å². The number of ether oxygens (including phenoxy) is 1. The molecule has 0 aromatic heterocycles. The van der Waals surface area contributed by atoms with Crippen LogP contribution in [0.4, 0.5) is 0 Å². The Bertz CT molecular complexity index is 461.